The van der Waals surface area contributed by atoms with E-state index in [1.54, 1.807) is 0 Å². The third-order valence-electron chi connectivity index (χ3n) is 6.14. The number of benzene rings is 2. The van der Waals surface area contributed by atoms with Gasteiger partial charge in [-0.25, -0.2) is 8.42 Å². The molecule has 0 spiro atoms. The van der Waals surface area contributed by atoms with Crippen LogP contribution in [0.2, 0.25) is 0 Å². The van der Waals surface area contributed by atoms with E-state index >= 15 is 0 Å². The van der Waals surface area contributed by atoms with E-state index in [4.69, 9.17) is 14.0 Å². The molecule has 2 aromatic carbocycles. The molecular formula is C24H33BO5S. The summed E-state index contributed by atoms with van der Waals surface area (Å²) in [5.74, 6) is 0.892. The minimum absolute atomic E-state index is 0.134. The standard InChI is InChI=1S/C24H33BO5S/c1-17-14-21(28-12-9-13-31(7,26)27)15-18(2)22(17)19-10-8-11-20(16-19)25-29-23(3,4)24(5,6)30-25/h8,10-11,14-16H,9,12-13H2,1-7H3. The van der Waals surface area contributed by atoms with Gasteiger partial charge < -0.3 is 14.0 Å². The molecule has 0 unspecified atom stereocenters. The third-order valence-corrected chi connectivity index (χ3v) is 7.17. The molecule has 0 amide bonds. The van der Waals surface area contributed by atoms with Crippen molar-refractivity contribution in [1.29, 1.82) is 0 Å². The quantitative estimate of drug-likeness (QED) is 0.476. The molecule has 0 atom stereocenters. The van der Waals surface area contributed by atoms with Gasteiger partial charge >= 0.3 is 7.12 Å². The maximum atomic E-state index is 11.3. The predicted octanol–water partition coefficient (Wildman–Crippen LogP) is 4.08. The van der Waals surface area contributed by atoms with E-state index < -0.39 is 17.0 Å². The Morgan fingerprint density at radius 3 is 2.10 bits per heavy atom. The van der Waals surface area contributed by atoms with Crippen LogP contribution >= 0.6 is 0 Å². The summed E-state index contributed by atoms with van der Waals surface area (Å²) in [5, 5.41) is 0. The van der Waals surface area contributed by atoms with Gasteiger partial charge in [-0.05, 0) is 87.8 Å². The molecule has 0 aliphatic carbocycles. The Morgan fingerprint density at radius 2 is 1.55 bits per heavy atom. The number of sulfone groups is 1. The van der Waals surface area contributed by atoms with Gasteiger partial charge in [-0.1, -0.05) is 24.3 Å². The summed E-state index contributed by atoms with van der Waals surface area (Å²) in [6.07, 6.45) is 1.72. The average molecular weight is 444 g/mol. The maximum Gasteiger partial charge on any atom is 0.494 e. The summed E-state index contributed by atoms with van der Waals surface area (Å²) < 4.78 is 40.8. The minimum atomic E-state index is -2.96. The summed E-state index contributed by atoms with van der Waals surface area (Å²) in [5.41, 5.74) is 4.70. The predicted molar refractivity (Wildman–Crippen MR) is 127 cm³/mol. The van der Waals surface area contributed by atoms with E-state index in [0.717, 1.165) is 33.5 Å². The first-order chi connectivity index (χ1) is 14.3. The summed E-state index contributed by atoms with van der Waals surface area (Å²) >= 11 is 0. The average Bonchev–Trinajstić information content (AvgIpc) is 2.85. The minimum Gasteiger partial charge on any atom is -0.494 e. The first-order valence-corrected chi connectivity index (χ1v) is 12.7. The van der Waals surface area contributed by atoms with Crippen molar-refractivity contribution in [3.63, 3.8) is 0 Å². The van der Waals surface area contributed by atoms with Crippen LogP contribution in [-0.4, -0.2) is 45.4 Å². The fourth-order valence-corrected chi connectivity index (χ4v) is 4.44. The second kappa shape index (κ2) is 8.60. The molecule has 3 rings (SSSR count). The smallest absolute Gasteiger partial charge is 0.494 e. The Balaban J connectivity index is 1.80. The maximum absolute atomic E-state index is 11.3. The van der Waals surface area contributed by atoms with Crippen LogP contribution in [0.3, 0.4) is 0 Å². The van der Waals surface area contributed by atoms with Crippen LogP contribution < -0.4 is 10.2 Å². The summed E-state index contributed by atoms with van der Waals surface area (Å²) in [6.45, 7) is 12.7. The molecule has 0 aromatic heterocycles. The normalized spacial score (nSPS) is 17.7. The van der Waals surface area contributed by atoms with Crippen molar-refractivity contribution in [3.8, 4) is 16.9 Å². The molecule has 168 valence electrons. The highest BCUT2D eigenvalue weighted by molar-refractivity contribution is 7.90. The van der Waals surface area contributed by atoms with Crippen LogP contribution in [-0.2, 0) is 19.1 Å². The van der Waals surface area contributed by atoms with Crippen LogP contribution in [0.1, 0.15) is 45.2 Å². The number of ether oxygens (including phenoxy) is 1. The Labute approximate surface area is 187 Å². The third kappa shape index (κ3) is 5.51. The molecule has 1 aliphatic heterocycles. The molecule has 7 heteroatoms. The van der Waals surface area contributed by atoms with E-state index in [1.165, 1.54) is 6.26 Å². The Hall–Kier alpha value is -1.83. The lowest BCUT2D eigenvalue weighted by Gasteiger charge is -2.32. The van der Waals surface area contributed by atoms with Crippen LogP contribution in [0.15, 0.2) is 36.4 Å². The van der Waals surface area contributed by atoms with Crippen molar-refractivity contribution in [3.05, 3.63) is 47.5 Å². The van der Waals surface area contributed by atoms with Crippen LogP contribution in [0.25, 0.3) is 11.1 Å². The largest absolute Gasteiger partial charge is 0.494 e. The van der Waals surface area contributed by atoms with Gasteiger partial charge in [0.05, 0.1) is 23.6 Å². The number of hydrogen-bond acceptors (Lipinski definition) is 5. The zero-order valence-electron chi connectivity index (χ0n) is 19.6. The molecule has 0 saturated carbocycles. The molecule has 0 bridgehead atoms. The lowest BCUT2D eigenvalue weighted by Crippen LogP contribution is -2.41. The van der Waals surface area contributed by atoms with Gasteiger partial charge in [0.25, 0.3) is 0 Å². The highest BCUT2D eigenvalue weighted by Crippen LogP contribution is 2.37. The van der Waals surface area contributed by atoms with Gasteiger partial charge in [-0.2, -0.15) is 0 Å². The summed E-state index contributed by atoms with van der Waals surface area (Å²) in [4.78, 5) is 0. The lowest BCUT2D eigenvalue weighted by atomic mass is 9.77. The van der Waals surface area contributed by atoms with Gasteiger partial charge in [0.1, 0.15) is 15.6 Å². The van der Waals surface area contributed by atoms with Gasteiger partial charge in [-0.15, -0.1) is 0 Å². The molecular weight excluding hydrogens is 411 g/mol. The Bertz CT molecular complexity index is 1020. The van der Waals surface area contributed by atoms with E-state index in [-0.39, 0.29) is 17.0 Å². The number of rotatable bonds is 7. The molecule has 31 heavy (non-hydrogen) atoms. The van der Waals surface area contributed by atoms with Gasteiger partial charge in [0, 0.05) is 6.26 Å². The highest BCUT2D eigenvalue weighted by atomic mass is 32.2. The molecule has 1 heterocycles. The first kappa shape index (κ1) is 23.8. The SMILES string of the molecule is Cc1cc(OCCCS(C)(=O)=O)cc(C)c1-c1cccc(B2OC(C)(C)C(C)(C)O2)c1. The topological polar surface area (TPSA) is 61.8 Å². The van der Waals surface area contributed by atoms with E-state index in [9.17, 15) is 8.42 Å². The van der Waals surface area contributed by atoms with E-state index in [2.05, 4.69) is 53.7 Å². The molecule has 0 N–H and O–H groups in total. The Morgan fingerprint density at radius 1 is 0.968 bits per heavy atom. The van der Waals surface area contributed by atoms with E-state index in [1.807, 2.05) is 24.3 Å². The van der Waals surface area contributed by atoms with Crippen molar-refractivity contribution in [2.24, 2.45) is 0 Å². The molecule has 1 saturated heterocycles. The monoisotopic (exact) mass is 444 g/mol. The number of aryl methyl sites for hydroxylation is 2. The summed E-state index contributed by atoms with van der Waals surface area (Å²) in [7, 11) is -3.36. The molecule has 1 fully saturated rings. The second-order valence-electron chi connectivity index (χ2n) is 9.48. The van der Waals surface area contributed by atoms with Gasteiger partial charge in [0.15, 0.2) is 0 Å². The Kier molecular flexibility index (Phi) is 6.61. The summed E-state index contributed by atoms with van der Waals surface area (Å²) in [6, 6.07) is 12.3. The lowest BCUT2D eigenvalue weighted by molar-refractivity contribution is 0.00578. The van der Waals surface area contributed by atoms with Crippen molar-refractivity contribution < 1.29 is 22.5 Å². The van der Waals surface area contributed by atoms with E-state index in [0.29, 0.717) is 13.0 Å². The number of hydrogen-bond donors (Lipinski definition) is 0. The molecule has 0 radical (unpaired) electrons. The van der Waals surface area contributed by atoms with Crippen LogP contribution in [0, 0.1) is 13.8 Å². The van der Waals surface area contributed by atoms with Crippen molar-refractivity contribution in [1.82, 2.24) is 0 Å². The first-order valence-electron chi connectivity index (χ1n) is 10.7. The zero-order chi connectivity index (χ0) is 23.0. The van der Waals surface area contributed by atoms with Gasteiger partial charge in [0.2, 0.25) is 0 Å². The molecule has 1 aliphatic rings. The van der Waals surface area contributed by atoms with Crippen LogP contribution in [0.5, 0.6) is 5.75 Å². The molecule has 2 aromatic rings. The second-order valence-corrected chi connectivity index (χ2v) is 11.7. The fraction of sp³-hybridized carbons (Fsp3) is 0.500. The van der Waals surface area contributed by atoms with Crippen LogP contribution in [0.4, 0.5) is 0 Å². The van der Waals surface area contributed by atoms with Crippen molar-refractivity contribution >= 4 is 22.4 Å². The molecule has 5 nitrogen and oxygen atoms in total. The van der Waals surface area contributed by atoms with Gasteiger partial charge in [-0.3, -0.25) is 0 Å². The highest BCUT2D eigenvalue weighted by Gasteiger charge is 2.51. The fourth-order valence-electron chi connectivity index (χ4n) is 3.79. The van der Waals surface area contributed by atoms with Crippen molar-refractivity contribution in [2.45, 2.75) is 59.2 Å². The van der Waals surface area contributed by atoms with Crippen molar-refractivity contribution in [2.75, 3.05) is 18.6 Å². The zero-order valence-corrected chi connectivity index (χ0v) is 20.4.